The van der Waals surface area contributed by atoms with Gasteiger partial charge in [-0.2, -0.15) is 0 Å². The van der Waals surface area contributed by atoms with Crippen LogP contribution in [-0.2, 0) is 26.0 Å². The van der Waals surface area contributed by atoms with Crippen LogP contribution in [0.5, 0.6) is 0 Å². The second kappa shape index (κ2) is 11.1. The van der Waals surface area contributed by atoms with Crippen LogP contribution in [-0.4, -0.2) is 33.2 Å². The molecule has 0 radical (unpaired) electrons. The number of Topliss-reactive ketones (excluding diaryl/α,β-unsaturated/α-hetero) is 1. The van der Waals surface area contributed by atoms with Gasteiger partial charge in [-0.05, 0) is 65.8 Å². The number of para-hydroxylation sites is 2. The van der Waals surface area contributed by atoms with Gasteiger partial charge < -0.3 is 15.5 Å². The quantitative estimate of drug-likeness (QED) is 0.382. The van der Waals surface area contributed by atoms with Crippen LogP contribution < -0.4 is 20.7 Å². The van der Waals surface area contributed by atoms with Crippen molar-refractivity contribution in [1.29, 1.82) is 0 Å². The highest BCUT2D eigenvalue weighted by molar-refractivity contribution is 7.89. The molecule has 1 unspecified atom stereocenters. The maximum atomic E-state index is 13.9. The molecule has 0 aromatic heterocycles. The largest absolute Gasteiger partial charge is 0.357 e. The van der Waals surface area contributed by atoms with Crippen molar-refractivity contribution >= 4 is 33.1 Å². The molecule has 3 aromatic rings. The van der Waals surface area contributed by atoms with Crippen LogP contribution in [0.25, 0.3) is 0 Å². The number of hydrogen-bond donors (Lipinski definition) is 3. The topological polar surface area (TPSA) is 122 Å². The number of nitrogens with zero attached hydrogens (tertiary/aromatic N) is 1. The Hall–Kier alpha value is -4.02. The standard InChI is InChI=1S/C31H33FN4O4S/c1-31(2)17-25-29(27(37)18-31)30(21-9-11-22(32)12-10-21)36(26-6-4-3-5-24(26)35-25)19-28(38)34-16-15-20-7-13-23(14-8-20)41(33,39)40/h3-14,30,35H,15-19H2,1-2H3,(H,34,38)(H2,33,39,40). The van der Waals surface area contributed by atoms with Crippen molar-refractivity contribution in [3.63, 3.8) is 0 Å². The van der Waals surface area contributed by atoms with E-state index in [1.165, 1.54) is 24.3 Å². The number of sulfonamides is 1. The van der Waals surface area contributed by atoms with E-state index in [1.54, 1.807) is 24.3 Å². The number of benzene rings is 3. The molecular weight excluding hydrogens is 543 g/mol. The summed E-state index contributed by atoms with van der Waals surface area (Å²) in [4.78, 5) is 29.0. The Bertz CT molecular complexity index is 1620. The average molecular weight is 577 g/mol. The Morgan fingerprint density at radius 3 is 2.41 bits per heavy atom. The first-order valence-electron chi connectivity index (χ1n) is 13.4. The molecule has 1 aliphatic heterocycles. The predicted molar refractivity (Wildman–Crippen MR) is 156 cm³/mol. The molecule has 0 spiro atoms. The van der Waals surface area contributed by atoms with Crippen molar-refractivity contribution in [1.82, 2.24) is 5.32 Å². The highest BCUT2D eigenvalue weighted by Crippen LogP contribution is 2.48. The van der Waals surface area contributed by atoms with E-state index in [9.17, 15) is 22.4 Å². The van der Waals surface area contributed by atoms with E-state index in [1.807, 2.05) is 29.2 Å². The van der Waals surface area contributed by atoms with Gasteiger partial charge in [-0.15, -0.1) is 0 Å². The van der Waals surface area contributed by atoms with Gasteiger partial charge in [-0.3, -0.25) is 9.59 Å². The van der Waals surface area contributed by atoms with E-state index in [0.717, 1.165) is 22.6 Å². The summed E-state index contributed by atoms with van der Waals surface area (Å²) in [5.74, 6) is -0.632. The molecule has 5 rings (SSSR count). The first-order valence-corrected chi connectivity index (χ1v) is 15.0. The molecule has 0 fully saturated rings. The van der Waals surface area contributed by atoms with E-state index in [4.69, 9.17) is 5.14 Å². The number of nitrogens with one attached hydrogen (secondary N) is 2. The monoisotopic (exact) mass is 576 g/mol. The number of primary sulfonamides is 1. The van der Waals surface area contributed by atoms with Crippen LogP contribution in [0, 0.1) is 11.2 Å². The van der Waals surface area contributed by atoms with Crippen molar-refractivity contribution in [2.75, 3.05) is 23.3 Å². The zero-order valence-electron chi connectivity index (χ0n) is 23.0. The van der Waals surface area contributed by atoms with Gasteiger partial charge in [0.15, 0.2) is 5.78 Å². The summed E-state index contributed by atoms with van der Waals surface area (Å²) >= 11 is 0. The van der Waals surface area contributed by atoms with Gasteiger partial charge >= 0.3 is 0 Å². The molecule has 0 saturated heterocycles. The van der Waals surface area contributed by atoms with Gasteiger partial charge in [0.2, 0.25) is 15.9 Å². The number of allylic oxidation sites excluding steroid dienone is 1. The fourth-order valence-corrected chi connectivity index (χ4v) is 6.14. The Kier molecular flexibility index (Phi) is 7.72. The molecule has 10 heteroatoms. The van der Waals surface area contributed by atoms with Gasteiger partial charge in [-0.25, -0.2) is 17.9 Å². The number of hydrogen-bond acceptors (Lipinski definition) is 6. The number of rotatable bonds is 7. The molecule has 2 aliphatic rings. The third-order valence-electron chi connectivity index (χ3n) is 7.49. The van der Waals surface area contributed by atoms with Crippen LogP contribution in [0.1, 0.15) is 43.9 Å². The average Bonchev–Trinajstić information content (AvgIpc) is 3.03. The smallest absolute Gasteiger partial charge is 0.239 e. The molecule has 1 aliphatic carbocycles. The Balaban J connectivity index is 1.44. The molecular formula is C31H33FN4O4S. The first kappa shape index (κ1) is 28.5. The molecule has 3 aromatic carbocycles. The van der Waals surface area contributed by atoms with Crippen LogP contribution in [0.2, 0.25) is 0 Å². The Morgan fingerprint density at radius 2 is 1.73 bits per heavy atom. The van der Waals surface area contributed by atoms with Crippen LogP contribution in [0.4, 0.5) is 15.8 Å². The van der Waals surface area contributed by atoms with Gasteiger partial charge in [0, 0.05) is 24.2 Å². The second-order valence-corrected chi connectivity index (χ2v) is 12.9. The highest BCUT2D eigenvalue weighted by atomic mass is 32.2. The fraction of sp³-hybridized carbons (Fsp3) is 0.290. The summed E-state index contributed by atoms with van der Waals surface area (Å²) in [5, 5.41) is 11.6. The summed E-state index contributed by atoms with van der Waals surface area (Å²) < 4.78 is 37.0. The lowest BCUT2D eigenvalue weighted by Crippen LogP contribution is -2.42. The van der Waals surface area contributed by atoms with E-state index in [0.29, 0.717) is 36.9 Å². The minimum absolute atomic E-state index is 0.000713. The molecule has 4 N–H and O–H groups in total. The second-order valence-electron chi connectivity index (χ2n) is 11.3. The molecule has 1 amide bonds. The van der Waals surface area contributed by atoms with Gasteiger partial charge in [0.1, 0.15) is 5.82 Å². The number of nitrogens with two attached hydrogens (primary N) is 1. The summed E-state index contributed by atoms with van der Waals surface area (Å²) in [6, 6.07) is 19.3. The summed E-state index contributed by atoms with van der Waals surface area (Å²) in [6.07, 6.45) is 1.51. The van der Waals surface area contributed by atoms with Crippen LogP contribution in [0.3, 0.4) is 0 Å². The number of carbonyl (C=O) groups is 2. The molecule has 1 atom stereocenters. The van der Waals surface area contributed by atoms with E-state index >= 15 is 0 Å². The molecule has 0 saturated carbocycles. The number of amides is 1. The van der Waals surface area contributed by atoms with Gasteiger partial charge in [-0.1, -0.05) is 50.2 Å². The minimum atomic E-state index is -3.78. The lowest BCUT2D eigenvalue weighted by molar-refractivity contribution is -0.120. The highest BCUT2D eigenvalue weighted by Gasteiger charge is 2.41. The SMILES string of the molecule is CC1(C)CC(=O)C2=C(C1)Nc1ccccc1N(CC(=O)NCCc1ccc(S(N)(=O)=O)cc1)C2c1ccc(F)cc1. The molecule has 214 valence electrons. The maximum Gasteiger partial charge on any atom is 0.239 e. The maximum absolute atomic E-state index is 13.9. The normalized spacial score (nSPS) is 18.2. The lowest BCUT2D eigenvalue weighted by Gasteiger charge is -2.37. The van der Waals surface area contributed by atoms with Crippen molar-refractivity contribution < 1.29 is 22.4 Å². The number of halogens is 1. The van der Waals surface area contributed by atoms with Crippen molar-refractivity contribution in [3.05, 3.63) is 101 Å². The van der Waals surface area contributed by atoms with Gasteiger partial charge in [0.05, 0.1) is 28.9 Å². The molecule has 0 bridgehead atoms. The predicted octanol–water partition coefficient (Wildman–Crippen LogP) is 4.45. The number of carbonyl (C=O) groups excluding carboxylic acids is 2. The van der Waals surface area contributed by atoms with Crippen molar-refractivity contribution in [2.45, 2.75) is 44.0 Å². The summed E-state index contributed by atoms with van der Waals surface area (Å²) in [5.41, 5.74) is 4.29. The van der Waals surface area contributed by atoms with Crippen LogP contribution >= 0.6 is 0 Å². The van der Waals surface area contributed by atoms with E-state index in [-0.39, 0.29) is 34.4 Å². The molecule has 41 heavy (non-hydrogen) atoms. The summed E-state index contributed by atoms with van der Waals surface area (Å²) in [6.45, 7) is 4.41. The third-order valence-corrected chi connectivity index (χ3v) is 8.42. The van der Waals surface area contributed by atoms with Crippen molar-refractivity contribution in [3.8, 4) is 0 Å². The van der Waals surface area contributed by atoms with E-state index < -0.39 is 16.1 Å². The Labute approximate surface area is 239 Å². The van der Waals surface area contributed by atoms with Crippen LogP contribution in [0.15, 0.2) is 89.0 Å². The number of anilines is 2. The van der Waals surface area contributed by atoms with E-state index in [2.05, 4.69) is 24.5 Å². The molecule has 1 heterocycles. The minimum Gasteiger partial charge on any atom is -0.357 e. The Morgan fingerprint density at radius 1 is 1.05 bits per heavy atom. The number of ketones is 1. The van der Waals surface area contributed by atoms with Crippen molar-refractivity contribution in [2.24, 2.45) is 10.6 Å². The molecule has 8 nitrogen and oxygen atoms in total. The summed E-state index contributed by atoms with van der Waals surface area (Å²) in [7, 11) is -3.78. The van der Waals surface area contributed by atoms with Gasteiger partial charge in [0.25, 0.3) is 0 Å². The first-order chi connectivity index (χ1) is 19.4. The zero-order valence-corrected chi connectivity index (χ0v) is 23.8. The third kappa shape index (κ3) is 6.34. The number of fused-ring (bicyclic) bond motifs is 1. The zero-order chi connectivity index (χ0) is 29.4. The lowest BCUT2D eigenvalue weighted by atomic mass is 9.73. The fourth-order valence-electron chi connectivity index (χ4n) is 5.62.